The highest BCUT2D eigenvalue weighted by Crippen LogP contribution is 2.38. The third-order valence-corrected chi connectivity index (χ3v) is 9.77. The van der Waals surface area contributed by atoms with Gasteiger partial charge in [-0.15, -0.1) is 0 Å². The number of carbonyl (C=O) groups excluding carboxylic acids is 2. The minimum absolute atomic E-state index is 0.210. The van der Waals surface area contributed by atoms with Gasteiger partial charge in [-0.25, -0.2) is 13.2 Å². The number of nitrogens with one attached hydrogen (secondary N) is 1. The number of nitrogens with zero attached hydrogens (tertiary/aromatic N) is 4. The number of piperazine rings is 1. The summed E-state index contributed by atoms with van der Waals surface area (Å²) >= 11 is 0. The number of amides is 3. The van der Waals surface area contributed by atoms with E-state index in [0.29, 0.717) is 24.2 Å². The van der Waals surface area contributed by atoms with Crippen LogP contribution in [0.15, 0.2) is 126 Å². The molecule has 0 radical (unpaired) electrons. The average Bonchev–Trinajstić information content (AvgIpc) is 3.09. The number of fused-ring (bicyclic) bond motifs is 1. The molecule has 5 aromatic rings. The fourth-order valence-corrected chi connectivity index (χ4v) is 7.64. The predicted molar refractivity (Wildman–Crippen MR) is 176 cm³/mol. The summed E-state index contributed by atoms with van der Waals surface area (Å²) in [5, 5.41) is 12.3. The van der Waals surface area contributed by atoms with Crippen molar-refractivity contribution in [2.24, 2.45) is 5.73 Å². The Kier molecular flexibility index (Phi) is 10.0. The second-order valence-corrected chi connectivity index (χ2v) is 12.4. The fraction of sp³-hybridized carbons (Fsp3) is 0.143. The Bertz CT molecular complexity index is 1920. The lowest BCUT2D eigenvalue weighted by molar-refractivity contribution is -0.108. The molecule has 0 saturated carbocycles. The first-order valence-electron chi connectivity index (χ1n) is 14.5. The molecule has 10 nitrogen and oxygen atoms in total. The number of imide groups is 1. The van der Waals surface area contributed by atoms with E-state index in [2.05, 4.69) is 46.0 Å². The SMILES string of the molecule is N#Cc1ccccc1N1CCN(S(=O)(=O)c2cccc3cccnc23)C(C(c2ccccc2)c2ccccc2)C1.NC(=O)NC=O. The molecule has 46 heavy (non-hydrogen) atoms. The van der Waals surface area contributed by atoms with Gasteiger partial charge >= 0.3 is 6.03 Å². The van der Waals surface area contributed by atoms with E-state index < -0.39 is 22.1 Å². The highest BCUT2D eigenvalue weighted by atomic mass is 32.2. The highest BCUT2D eigenvalue weighted by Gasteiger charge is 2.42. The molecule has 1 atom stereocenters. The second kappa shape index (κ2) is 14.5. The van der Waals surface area contributed by atoms with Crippen molar-refractivity contribution in [2.75, 3.05) is 24.5 Å². The lowest BCUT2D eigenvalue weighted by atomic mass is 9.84. The van der Waals surface area contributed by atoms with E-state index in [9.17, 15) is 23.3 Å². The van der Waals surface area contributed by atoms with E-state index in [0.717, 1.165) is 22.2 Å². The third-order valence-electron chi connectivity index (χ3n) is 7.82. The summed E-state index contributed by atoms with van der Waals surface area (Å²) in [6.07, 6.45) is 1.86. The standard InChI is InChI=1S/C33H28N4O2S.C2H4N2O2/c34-23-28-15-7-8-18-29(28)36-21-22-37(40(38,39)31-19-9-16-27-17-10-20-35-33(27)31)30(24-36)32(25-11-3-1-4-12-25)26-13-5-2-6-14-26;3-2(6)4-1-5/h1-20,30,32H,21-22,24H2;1H,(H3,3,4,5,6). The number of rotatable bonds is 7. The van der Waals surface area contributed by atoms with Gasteiger partial charge < -0.3 is 10.6 Å². The lowest BCUT2D eigenvalue weighted by Crippen LogP contribution is -2.57. The molecule has 0 bridgehead atoms. The number of nitriles is 1. The van der Waals surface area contributed by atoms with Gasteiger partial charge in [0.05, 0.1) is 22.8 Å². The lowest BCUT2D eigenvalue weighted by Gasteiger charge is -2.45. The maximum Gasteiger partial charge on any atom is 0.318 e. The van der Waals surface area contributed by atoms with Crippen LogP contribution >= 0.6 is 0 Å². The largest absolute Gasteiger partial charge is 0.367 e. The number of aromatic nitrogens is 1. The van der Waals surface area contributed by atoms with Gasteiger partial charge in [-0.05, 0) is 35.4 Å². The van der Waals surface area contributed by atoms with Gasteiger partial charge in [0.15, 0.2) is 0 Å². The molecule has 232 valence electrons. The van der Waals surface area contributed by atoms with Crippen molar-refractivity contribution in [3.05, 3.63) is 138 Å². The molecule has 4 aromatic carbocycles. The number of hydrogen-bond acceptors (Lipinski definition) is 7. The number of urea groups is 1. The average molecular weight is 633 g/mol. The van der Waals surface area contributed by atoms with E-state index in [1.54, 1.807) is 34.0 Å². The van der Waals surface area contributed by atoms with Crippen LogP contribution in [0, 0.1) is 11.3 Å². The third kappa shape index (κ3) is 6.89. The maximum atomic E-state index is 14.6. The van der Waals surface area contributed by atoms with Crippen LogP contribution in [0.1, 0.15) is 22.6 Å². The molecular formula is C35H32N6O4S. The molecule has 1 aromatic heterocycles. The molecule has 1 fully saturated rings. The molecule has 0 aliphatic carbocycles. The molecule has 1 saturated heterocycles. The molecule has 3 amide bonds. The quantitative estimate of drug-likeness (QED) is 0.249. The van der Waals surface area contributed by atoms with Crippen LogP contribution in [0.3, 0.4) is 0 Å². The van der Waals surface area contributed by atoms with Gasteiger partial charge in [0.1, 0.15) is 11.0 Å². The number of nitrogens with two attached hydrogens (primary N) is 1. The topological polar surface area (TPSA) is 149 Å². The monoisotopic (exact) mass is 632 g/mol. The number of sulfonamides is 1. The minimum Gasteiger partial charge on any atom is -0.367 e. The highest BCUT2D eigenvalue weighted by molar-refractivity contribution is 7.89. The Morgan fingerprint density at radius 3 is 2.13 bits per heavy atom. The fourth-order valence-electron chi connectivity index (χ4n) is 5.85. The number of anilines is 1. The number of primary amides is 1. The molecule has 1 aliphatic heterocycles. The number of hydrogen-bond donors (Lipinski definition) is 2. The summed E-state index contributed by atoms with van der Waals surface area (Å²) in [7, 11) is -3.94. The Balaban J connectivity index is 0.000000635. The summed E-state index contributed by atoms with van der Waals surface area (Å²) in [6, 6.07) is 37.7. The maximum absolute atomic E-state index is 14.6. The molecule has 2 heterocycles. The van der Waals surface area contributed by atoms with Crippen LogP contribution in [0.4, 0.5) is 10.5 Å². The van der Waals surface area contributed by atoms with E-state index in [-0.39, 0.29) is 23.8 Å². The van der Waals surface area contributed by atoms with Crippen LogP contribution in [0.25, 0.3) is 10.9 Å². The van der Waals surface area contributed by atoms with E-state index in [1.165, 1.54) is 0 Å². The van der Waals surface area contributed by atoms with Gasteiger partial charge in [0.2, 0.25) is 16.4 Å². The Hall–Kier alpha value is -5.57. The van der Waals surface area contributed by atoms with Gasteiger partial charge in [-0.1, -0.05) is 91.0 Å². The molecule has 1 unspecified atom stereocenters. The summed E-state index contributed by atoms with van der Waals surface area (Å²) in [5.74, 6) is -0.239. The van der Waals surface area contributed by atoms with Gasteiger partial charge in [-0.2, -0.15) is 9.57 Å². The molecule has 3 N–H and O–H groups in total. The predicted octanol–water partition coefficient (Wildman–Crippen LogP) is 4.63. The molecule has 6 rings (SSSR count). The molecule has 11 heteroatoms. The summed E-state index contributed by atoms with van der Waals surface area (Å²) in [5.41, 5.74) is 8.35. The smallest absolute Gasteiger partial charge is 0.318 e. The van der Waals surface area contributed by atoms with E-state index >= 15 is 0 Å². The first-order valence-corrected chi connectivity index (χ1v) is 16.0. The zero-order chi connectivity index (χ0) is 32.5. The zero-order valence-electron chi connectivity index (χ0n) is 24.8. The van der Waals surface area contributed by atoms with Gasteiger partial charge in [0.25, 0.3) is 0 Å². The summed E-state index contributed by atoms with van der Waals surface area (Å²) < 4.78 is 30.8. The minimum atomic E-state index is -3.94. The zero-order valence-corrected chi connectivity index (χ0v) is 25.6. The Morgan fingerprint density at radius 1 is 0.891 bits per heavy atom. The van der Waals surface area contributed by atoms with Crippen LogP contribution in [0.5, 0.6) is 0 Å². The van der Waals surface area contributed by atoms with Crippen molar-refractivity contribution in [3.8, 4) is 6.07 Å². The van der Waals surface area contributed by atoms with Crippen LogP contribution in [-0.4, -0.2) is 55.8 Å². The summed E-state index contributed by atoms with van der Waals surface area (Å²) in [4.78, 5) is 25.5. The number of pyridine rings is 1. The first-order chi connectivity index (χ1) is 22.3. The molecule has 0 spiro atoms. The van der Waals surface area contributed by atoms with Crippen LogP contribution in [-0.2, 0) is 14.8 Å². The van der Waals surface area contributed by atoms with Gasteiger partial charge in [-0.3, -0.25) is 15.1 Å². The number of carbonyl (C=O) groups is 2. The van der Waals surface area contributed by atoms with E-state index in [4.69, 9.17) is 0 Å². The van der Waals surface area contributed by atoms with Gasteiger partial charge in [0, 0.05) is 37.1 Å². The Morgan fingerprint density at radius 2 is 1.52 bits per heavy atom. The van der Waals surface area contributed by atoms with Crippen molar-refractivity contribution in [1.29, 1.82) is 5.26 Å². The number of benzene rings is 4. The first kappa shape index (κ1) is 31.8. The normalized spacial score (nSPS) is 15.0. The van der Waals surface area contributed by atoms with Crippen molar-refractivity contribution in [3.63, 3.8) is 0 Å². The number of para-hydroxylation sites is 2. The van der Waals surface area contributed by atoms with Crippen molar-refractivity contribution < 1.29 is 18.0 Å². The van der Waals surface area contributed by atoms with Crippen LogP contribution in [0.2, 0.25) is 0 Å². The van der Waals surface area contributed by atoms with E-state index in [1.807, 2.05) is 72.8 Å². The summed E-state index contributed by atoms with van der Waals surface area (Å²) in [6.45, 7) is 1.15. The van der Waals surface area contributed by atoms with Crippen molar-refractivity contribution in [2.45, 2.75) is 16.9 Å². The molecule has 1 aliphatic rings. The van der Waals surface area contributed by atoms with Crippen LogP contribution < -0.4 is 16.0 Å². The van der Waals surface area contributed by atoms with Crippen molar-refractivity contribution >= 4 is 39.1 Å². The molecular weight excluding hydrogens is 600 g/mol. The Labute approximate surface area is 267 Å². The second-order valence-electron chi connectivity index (χ2n) is 10.5. The van der Waals surface area contributed by atoms with Crippen molar-refractivity contribution in [1.82, 2.24) is 14.6 Å².